The number of ether oxygens (including phenoxy) is 2. The fraction of sp³-hybridized carbons (Fsp3) is 0.280. The molecule has 1 N–H and O–H groups in total. The minimum Gasteiger partial charge on any atom is -0.493 e. The van der Waals surface area contributed by atoms with Crippen LogP contribution in [0.1, 0.15) is 47.1 Å². The molecule has 0 amide bonds. The van der Waals surface area contributed by atoms with Gasteiger partial charge in [-0.2, -0.15) is 0 Å². The van der Waals surface area contributed by atoms with Gasteiger partial charge in [0.15, 0.2) is 17.3 Å². The lowest BCUT2D eigenvalue weighted by atomic mass is 9.72. The lowest BCUT2D eigenvalue weighted by Gasteiger charge is -2.34. The normalized spacial score (nSPS) is 19.8. The summed E-state index contributed by atoms with van der Waals surface area (Å²) in [6.07, 6.45) is 1.00. The van der Waals surface area contributed by atoms with Crippen LogP contribution in [0.25, 0.3) is 0 Å². The summed E-state index contributed by atoms with van der Waals surface area (Å²) in [5.41, 5.74) is 4.90. The Kier molecular flexibility index (Phi) is 4.96. The van der Waals surface area contributed by atoms with Crippen LogP contribution in [-0.2, 0) is 4.79 Å². The molecule has 1 aliphatic carbocycles. The van der Waals surface area contributed by atoms with E-state index in [-0.39, 0.29) is 23.4 Å². The summed E-state index contributed by atoms with van der Waals surface area (Å²) in [6.45, 7) is 1.85. The van der Waals surface area contributed by atoms with Gasteiger partial charge in [0.05, 0.1) is 25.5 Å². The molecule has 2 atom stereocenters. The molecule has 5 rings (SSSR count). The number of Topliss-reactive ketones (excluding diaryl/α,β-unsaturated/α-hetero) is 1. The van der Waals surface area contributed by atoms with E-state index in [1.54, 1.807) is 26.4 Å². The average Bonchev–Trinajstić information content (AvgIpc) is 3.18. The Morgan fingerprint density at radius 2 is 1.75 bits per heavy atom. The van der Waals surface area contributed by atoms with E-state index in [0.717, 1.165) is 22.4 Å². The van der Waals surface area contributed by atoms with E-state index >= 15 is 0 Å². The number of hydrogen-bond donors (Lipinski definition) is 1. The average molecular weight is 434 g/mol. The van der Waals surface area contributed by atoms with Crippen LogP contribution in [0.4, 0.5) is 10.3 Å². The van der Waals surface area contributed by atoms with E-state index in [2.05, 4.69) is 10.5 Å². The molecular weight excluding hydrogens is 411 g/mol. The highest BCUT2D eigenvalue weighted by Crippen LogP contribution is 2.49. The number of nitrogens with zero attached hydrogens (tertiary/aromatic N) is 1. The Bertz CT molecular complexity index is 1230. The maximum Gasteiger partial charge on any atom is 0.233 e. The minimum absolute atomic E-state index is 0.0204. The lowest BCUT2D eigenvalue weighted by molar-refractivity contribution is -0.116. The number of aromatic nitrogens is 1. The highest BCUT2D eigenvalue weighted by molar-refractivity contribution is 6.01. The Morgan fingerprint density at radius 1 is 1.03 bits per heavy atom. The predicted molar refractivity (Wildman–Crippen MR) is 117 cm³/mol. The number of carbonyl (C=O) groups is 1. The van der Waals surface area contributed by atoms with Crippen LogP contribution in [-0.4, -0.2) is 25.2 Å². The summed E-state index contributed by atoms with van der Waals surface area (Å²) >= 11 is 0. The van der Waals surface area contributed by atoms with Crippen molar-refractivity contribution in [1.82, 2.24) is 5.16 Å². The SMILES string of the molecule is COc1ccc([C@@H]2CC(=O)C3=C(C2)Nc2onc(C)c2[C@H]3c2ccc(F)cc2)cc1OC. The Balaban J connectivity index is 1.57. The fourth-order valence-electron chi connectivity index (χ4n) is 4.80. The topological polar surface area (TPSA) is 73.6 Å². The minimum atomic E-state index is -0.341. The van der Waals surface area contributed by atoms with Gasteiger partial charge in [0, 0.05) is 23.6 Å². The van der Waals surface area contributed by atoms with E-state index in [1.165, 1.54) is 12.1 Å². The number of hydrogen-bond acceptors (Lipinski definition) is 6. The molecule has 6 nitrogen and oxygen atoms in total. The third-order valence-electron chi connectivity index (χ3n) is 6.34. The van der Waals surface area contributed by atoms with Gasteiger partial charge < -0.3 is 19.3 Å². The van der Waals surface area contributed by atoms with Gasteiger partial charge in [-0.1, -0.05) is 23.4 Å². The van der Waals surface area contributed by atoms with Gasteiger partial charge in [-0.25, -0.2) is 4.39 Å². The number of rotatable bonds is 4. The van der Waals surface area contributed by atoms with E-state index in [0.29, 0.717) is 41.5 Å². The predicted octanol–water partition coefficient (Wildman–Crippen LogP) is 5.10. The zero-order valence-electron chi connectivity index (χ0n) is 18.1. The van der Waals surface area contributed by atoms with Gasteiger partial charge in [0.1, 0.15) is 5.82 Å². The molecule has 2 heterocycles. The van der Waals surface area contributed by atoms with Crippen molar-refractivity contribution in [3.05, 3.63) is 81.9 Å². The first-order valence-corrected chi connectivity index (χ1v) is 10.5. The molecule has 0 fully saturated rings. The molecule has 0 unspecified atom stereocenters. The number of carbonyl (C=O) groups excluding carboxylic acids is 1. The van der Waals surface area contributed by atoms with Gasteiger partial charge in [0.2, 0.25) is 5.88 Å². The van der Waals surface area contributed by atoms with Gasteiger partial charge in [-0.15, -0.1) is 0 Å². The van der Waals surface area contributed by atoms with Crippen LogP contribution in [0.5, 0.6) is 11.5 Å². The number of allylic oxidation sites excluding steroid dienone is 2. The fourth-order valence-corrected chi connectivity index (χ4v) is 4.80. The number of methoxy groups -OCH3 is 2. The Labute approximate surface area is 185 Å². The number of fused-ring (bicyclic) bond motifs is 1. The van der Waals surface area contributed by atoms with Crippen molar-refractivity contribution in [3.8, 4) is 11.5 Å². The number of aryl methyl sites for hydroxylation is 1. The molecule has 7 heteroatoms. The maximum absolute atomic E-state index is 13.6. The first-order chi connectivity index (χ1) is 15.5. The van der Waals surface area contributed by atoms with Crippen LogP contribution < -0.4 is 14.8 Å². The first kappa shape index (κ1) is 20.3. The summed E-state index contributed by atoms with van der Waals surface area (Å²) < 4.78 is 29.9. The van der Waals surface area contributed by atoms with Crippen LogP contribution >= 0.6 is 0 Å². The molecular formula is C25H23FN2O4. The molecule has 0 bridgehead atoms. The summed E-state index contributed by atoms with van der Waals surface area (Å²) in [6, 6.07) is 12.0. The van der Waals surface area contributed by atoms with Gasteiger partial charge >= 0.3 is 0 Å². The maximum atomic E-state index is 13.6. The van der Waals surface area contributed by atoms with E-state index in [4.69, 9.17) is 14.0 Å². The second-order valence-electron chi connectivity index (χ2n) is 8.16. The second-order valence-corrected chi connectivity index (χ2v) is 8.16. The van der Waals surface area contributed by atoms with Gasteiger partial charge in [0.25, 0.3) is 0 Å². The van der Waals surface area contributed by atoms with Crippen molar-refractivity contribution in [2.75, 3.05) is 19.5 Å². The number of ketones is 1. The van der Waals surface area contributed by atoms with Crippen molar-refractivity contribution < 1.29 is 23.2 Å². The zero-order valence-corrected chi connectivity index (χ0v) is 18.1. The Hall–Kier alpha value is -3.61. The monoisotopic (exact) mass is 434 g/mol. The van der Waals surface area contributed by atoms with Gasteiger partial charge in [-0.05, 0) is 54.7 Å². The molecule has 0 radical (unpaired) electrons. The largest absolute Gasteiger partial charge is 0.493 e. The number of anilines is 1. The molecule has 0 saturated heterocycles. The molecule has 164 valence electrons. The highest BCUT2D eigenvalue weighted by Gasteiger charge is 2.41. The second kappa shape index (κ2) is 7.82. The number of benzene rings is 2. The molecule has 1 aliphatic heterocycles. The van der Waals surface area contributed by atoms with Crippen LogP contribution in [0.15, 0.2) is 58.3 Å². The molecule has 0 spiro atoms. The van der Waals surface area contributed by atoms with Crippen LogP contribution in [0, 0.1) is 12.7 Å². The molecule has 32 heavy (non-hydrogen) atoms. The summed E-state index contributed by atoms with van der Waals surface area (Å²) in [7, 11) is 3.19. The van der Waals surface area contributed by atoms with Crippen molar-refractivity contribution >= 4 is 11.7 Å². The van der Waals surface area contributed by atoms with Crippen LogP contribution in [0.3, 0.4) is 0 Å². The van der Waals surface area contributed by atoms with Crippen molar-refractivity contribution in [2.45, 2.75) is 31.6 Å². The summed E-state index contributed by atoms with van der Waals surface area (Å²) in [5.74, 6) is 1.19. The molecule has 0 saturated carbocycles. The quantitative estimate of drug-likeness (QED) is 0.616. The standard InChI is InChI=1S/C25H23FN2O4/c1-13-22-23(14-4-7-17(26)8-5-14)24-18(27-25(22)32-28-13)10-16(11-19(24)29)15-6-9-20(30-2)21(12-15)31-3/h4-9,12,16,23,27H,10-11H2,1-3H3/t16-,23+/m0/s1. The highest BCUT2D eigenvalue weighted by atomic mass is 19.1. The van der Waals surface area contributed by atoms with Crippen molar-refractivity contribution in [2.24, 2.45) is 0 Å². The zero-order chi connectivity index (χ0) is 22.4. The molecule has 3 aromatic rings. The first-order valence-electron chi connectivity index (χ1n) is 10.5. The van der Waals surface area contributed by atoms with E-state index in [1.807, 2.05) is 25.1 Å². The van der Waals surface area contributed by atoms with E-state index < -0.39 is 0 Å². The third kappa shape index (κ3) is 3.25. The molecule has 2 aromatic carbocycles. The molecule has 2 aliphatic rings. The third-order valence-corrected chi connectivity index (χ3v) is 6.34. The lowest BCUT2D eigenvalue weighted by Crippen LogP contribution is -2.29. The number of nitrogens with one attached hydrogen (secondary N) is 1. The number of halogens is 1. The van der Waals surface area contributed by atoms with E-state index in [9.17, 15) is 9.18 Å². The molecule has 1 aromatic heterocycles. The van der Waals surface area contributed by atoms with Crippen LogP contribution in [0.2, 0.25) is 0 Å². The smallest absolute Gasteiger partial charge is 0.233 e. The Morgan fingerprint density at radius 3 is 2.47 bits per heavy atom. The van der Waals surface area contributed by atoms with Gasteiger partial charge in [-0.3, -0.25) is 4.79 Å². The van der Waals surface area contributed by atoms with Crippen molar-refractivity contribution in [1.29, 1.82) is 0 Å². The summed E-state index contributed by atoms with van der Waals surface area (Å²) in [4.78, 5) is 13.5. The van der Waals surface area contributed by atoms with Crippen molar-refractivity contribution in [3.63, 3.8) is 0 Å². The summed E-state index contributed by atoms with van der Waals surface area (Å²) in [5, 5.41) is 7.43.